The Morgan fingerprint density at radius 2 is 1.71 bits per heavy atom. The average Bonchev–Trinajstić information content (AvgIpc) is 3.30. The smallest absolute Gasteiger partial charge is 0.265 e. The maximum Gasteiger partial charge on any atom is 0.265 e. The van der Waals surface area contributed by atoms with Crippen molar-refractivity contribution in [2.45, 2.75) is 11.1 Å². The van der Waals surface area contributed by atoms with Crippen LogP contribution in [0.3, 0.4) is 0 Å². The third-order valence-corrected chi connectivity index (χ3v) is 6.39. The second kappa shape index (κ2) is 8.71. The second-order valence-electron chi connectivity index (χ2n) is 6.71. The van der Waals surface area contributed by atoms with Crippen molar-refractivity contribution in [2.24, 2.45) is 0 Å². The van der Waals surface area contributed by atoms with E-state index in [0.29, 0.717) is 11.3 Å². The normalized spacial score (nSPS) is 14.5. The van der Waals surface area contributed by atoms with E-state index in [1.807, 2.05) is 36.4 Å². The summed E-state index contributed by atoms with van der Waals surface area (Å²) in [6, 6.07) is 17.5. The summed E-state index contributed by atoms with van der Waals surface area (Å²) in [4.78, 5) is -0.363. The van der Waals surface area contributed by atoms with Gasteiger partial charge in [0.15, 0.2) is 5.75 Å². The molecule has 0 radical (unpaired) electrons. The van der Waals surface area contributed by atoms with Gasteiger partial charge in [-0.1, -0.05) is 48.0 Å². The maximum absolute atomic E-state index is 13.2. The second-order valence-corrected chi connectivity index (χ2v) is 8.77. The zero-order valence-corrected chi connectivity index (χ0v) is 17.9. The number of benzene rings is 3. The number of hydrogen-bond donors (Lipinski definition) is 6. The predicted octanol–water partition coefficient (Wildman–Crippen LogP) is 2.64. The minimum atomic E-state index is -4.21. The Morgan fingerprint density at radius 3 is 2.39 bits per heavy atom. The fraction of sp³-hybridized carbons (Fsp3) is 0.100. The van der Waals surface area contributed by atoms with Crippen molar-refractivity contribution in [3.8, 4) is 22.6 Å². The molecule has 6 N–H and O–H groups in total. The van der Waals surface area contributed by atoms with Crippen molar-refractivity contribution in [1.82, 2.24) is 21.9 Å². The number of ether oxygens (including phenoxy) is 1. The third-order valence-electron chi connectivity index (χ3n) is 4.72. The van der Waals surface area contributed by atoms with E-state index in [2.05, 4.69) is 26.6 Å². The van der Waals surface area contributed by atoms with Crippen LogP contribution >= 0.6 is 11.6 Å². The van der Waals surface area contributed by atoms with Crippen molar-refractivity contribution in [1.29, 1.82) is 0 Å². The summed E-state index contributed by atoms with van der Waals surface area (Å²) in [5, 5.41) is 10.3. The molecule has 3 aromatic rings. The quantitative estimate of drug-likeness (QED) is 0.331. The summed E-state index contributed by atoms with van der Waals surface area (Å²) in [6.07, 6.45) is -0.469. The Morgan fingerprint density at radius 1 is 1.00 bits per heavy atom. The largest absolute Gasteiger partial charge is 0.505 e. The number of phenols is 1. The number of nitrogens with one attached hydrogen (secondary N) is 5. The van der Waals surface area contributed by atoms with Crippen molar-refractivity contribution in [2.75, 3.05) is 11.8 Å². The minimum absolute atomic E-state index is 0.0987. The fourth-order valence-corrected chi connectivity index (χ4v) is 4.68. The summed E-state index contributed by atoms with van der Waals surface area (Å²) in [5.41, 5.74) is 13.4. The topological polar surface area (TPSA) is 124 Å². The molecule has 1 aliphatic heterocycles. The molecule has 0 spiro atoms. The van der Waals surface area contributed by atoms with Gasteiger partial charge in [0.25, 0.3) is 10.0 Å². The Labute approximate surface area is 184 Å². The Kier molecular flexibility index (Phi) is 6.01. The molecule has 0 aliphatic carbocycles. The van der Waals surface area contributed by atoms with Crippen LogP contribution in [0, 0.1) is 0 Å². The van der Waals surface area contributed by atoms with Crippen LogP contribution in [0.5, 0.6) is 11.5 Å². The first kappa shape index (κ1) is 21.4. The van der Waals surface area contributed by atoms with Crippen LogP contribution < -0.4 is 31.4 Å². The van der Waals surface area contributed by atoms with Crippen LogP contribution in [0.4, 0.5) is 5.69 Å². The van der Waals surface area contributed by atoms with Crippen molar-refractivity contribution < 1.29 is 18.3 Å². The highest BCUT2D eigenvalue weighted by molar-refractivity contribution is 7.92. The molecule has 0 atom stereocenters. The summed E-state index contributed by atoms with van der Waals surface area (Å²) in [5.74, 6) is -0.215. The van der Waals surface area contributed by atoms with Gasteiger partial charge < -0.3 is 9.84 Å². The first-order valence-corrected chi connectivity index (χ1v) is 11.0. The molecule has 1 saturated heterocycles. The Balaban J connectivity index is 1.74. The van der Waals surface area contributed by atoms with Crippen molar-refractivity contribution >= 4 is 27.3 Å². The molecular weight excluding hydrogens is 442 g/mol. The molecule has 11 heteroatoms. The van der Waals surface area contributed by atoms with Gasteiger partial charge in [-0.25, -0.2) is 19.3 Å². The Hall–Kier alpha value is -2.86. The number of phenolic OH excluding ortho intramolecular Hbond substituents is 1. The molecule has 162 valence electrons. The standard InChI is InChI=1S/C20H20ClN5O4S/c1-30-17-8-7-13(12-5-3-2-4-6-12)10-16(17)24-31(28,29)18-11-14(9-15(21)19(18)27)20-22-25-26-23-20/h2-11,20,22-27H,1H3. The van der Waals surface area contributed by atoms with E-state index in [9.17, 15) is 13.5 Å². The van der Waals surface area contributed by atoms with Crippen LogP contribution in [-0.2, 0) is 10.0 Å². The molecule has 0 bridgehead atoms. The Bertz CT molecular complexity index is 1200. The summed E-state index contributed by atoms with van der Waals surface area (Å²) >= 11 is 6.11. The molecule has 0 unspecified atom stereocenters. The van der Waals surface area contributed by atoms with Gasteiger partial charge in [0.1, 0.15) is 16.8 Å². The third kappa shape index (κ3) is 4.44. The van der Waals surface area contributed by atoms with Gasteiger partial charge in [0, 0.05) is 0 Å². The molecule has 1 fully saturated rings. The van der Waals surface area contributed by atoms with E-state index in [1.54, 1.807) is 12.1 Å². The number of sulfonamides is 1. The van der Waals surface area contributed by atoms with Crippen LogP contribution in [-0.4, -0.2) is 20.6 Å². The van der Waals surface area contributed by atoms with Gasteiger partial charge in [-0.15, -0.1) is 0 Å². The van der Waals surface area contributed by atoms with E-state index in [4.69, 9.17) is 16.3 Å². The van der Waals surface area contributed by atoms with E-state index >= 15 is 0 Å². The number of hydrazine groups is 3. The highest BCUT2D eigenvalue weighted by Gasteiger charge is 2.26. The van der Waals surface area contributed by atoms with Gasteiger partial charge in [-0.05, 0) is 41.0 Å². The van der Waals surface area contributed by atoms with Gasteiger partial charge in [-0.3, -0.25) is 4.72 Å². The minimum Gasteiger partial charge on any atom is -0.505 e. The summed E-state index contributed by atoms with van der Waals surface area (Å²) in [6.45, 7) is 0. The zero-order valence-electron chi connectivity index (χ0n) is 16.3. The molecule has 0 saturated carbocycles. The van der Waals surface area contributed by atoms with E-state index in [1.165, 1.54) is 19.2 Å². The molecule has 1 heterocycles. The number of halogens is 1. The number of methoxy groups -OCH3 is 1. The molecule has 3 aromatic carbocycles. The fourth-order valence-electron chi connectivity index (χ4n) is 3.18. The molecule has 9 nitrogen and oxygen atoms in total. The lowest BCUT2D eigenvalue weighted by molar-refractivity contribution is 0.417. The average molecular weight is 462 g/mol. The number of anilines is 1. The molecule has 1 aliphatic rings. The number of hydrogen-bond acceptors (Lipinski definition) is 8. The van der Waals surface area contributed by atoms with E-state index in [-0.39, 0.29) is 15.6 Å². The van der Waals surface area contributed by atoms with Crippen molar-refractivity contribution in [3.63, 3.8) is 0 Å². The first-order valence-electron chi connectivity index (χ1n) is 9.19. The van der Waals surface area contributed by atoms with Crippen LogP contribution in [0.15, 0.2) is 65.6 Å². The SMILES string of the molecule is COc1ccc(-c2ccccc2)cc1NS(=O)(=O)c1cc(C2NNNN2)cc(Cl)c1O. The maximum atomic E-state index is 13.2. The lowest BCUT2D eigenvalue weighted by atomic mass is 10.1. The molecule has 31 heavy (non-hydrogen) atoms. The predicted molar refractivity (Wildman–Crippen MR) is 118 cm³/mol. The highest BCUT2D eigenvalue weighted by Crippen LogP contribution is 2.37. The monoisotopic (exact) mass is 461 g/mol. The first-order chi connectivity index (χ1) is 14.9. The van der Waals surface area contributed by atoms with Crippen molar-refractivity contribution in [3.05, 3.63) is 71.2 Å². The number of rotatable bonds is 6. The van der Waals surface area contributed by atoms with Gasteiger partial charge in [0.2, 0.25) is 0 Å². The lowest BCUT2D eigenvalue weighted by Gasteiger charge is -2.17. The van der Waals surface area contributed by atoms with E-state index < -0.39 is 21.9 Å². The lowest BCUT2D eigenvalue weighted by Crippen LogP contribution is -2.33. The molecule has 0 amide bonds. The van der Waals surface area contributed by atoms with Crippen LogP contribution in [0.25, 0.3) is 11.1 Å². The summed E-state index contributed by atoms with van der Waals surface area (Å²) in [7, 11) is -2.76. The van der Waals surface area contributed by atoms with Gasteiger partial charge in [0.05, 0.1) is 17.8 Å². The molecule has 0 aromatic heterocycles. The van der Waals surface area contributed by atoms with Gasteiger partial charge >= 0.3 is 0 Å². The van der Waals surface area contributed by atoms with Crippen LogP contribution in [0.1, 0.15) is 11.7 Å². The zero-order chi connectivity index (χ0) is 22.0. The highest BCUT2D eigenvalue weighted by atomic mass is 35.5. The van der Waals surface area contributed by atoms with Crippen LogP contribution in [0.2, 0.25) is 5.02 Å². The number of aromatic hydroxyl groups is 1. The van der Waals surface area contributed by atoms with E-state index in [0.717, 1.165) is 11.1 Å². The summed E-state index contributed by atoms with van der Waals surface area (Å²) < 4.78 is 34.2. The van der Waals surface area contributed by atoms with Gasteiger partial charge in [-0.2, -0.15) is 11.1 Å². The molecule has 4 rings (SSSR count). The molecular formula is C20H20ClN5O4S.